The van der Waals surface area contributed by atoms with Crippen LogP contribution >= 0.6 is 0 Å². The summed E-state index contributed by atoms with van der Waals surface area (Å²) in [6.07, 6.45) is 2.47. The molecule has 4 heteroatoms. The number of nitriles is 1. The number of nitrogens with zero attached hydrogens (tertiary/aromatic N) is 1. The number of hydrogen-bond donors (Lipinski definition) is 1. The molecule has 0 aliphatic heterocycles. The fourth-order valence-electron chi connectivity index (χ4n) is 1.64. The summed E-state index contributed by atoms with van der Waals surface area (Å²) in [7, 11) is 0. The van der Waals surface area contributed by atoms with E-state index in [9.17, 15) is 10.1 Å². The van der Waals surface area contributed by atoms with Crippen molar-refractivity contribution in [3.8, 4) is 11.8 Å². The van der Waals surface area contributed by atoms with Gasteiger partial charge in [-0.05, 0) is 24.5 Å². The molecule has 0 aromatic heterocycles. The molecule has 1 aromatic rings. The summed E-state index contributed by atoms with van der Waals surface area (Å²) in [4.78, 5) is 12.0. The van der Waals surface area contributed by atoms with Gasteiger partial charge in [-0.3, -0.25) is 4.79 Å². The Hall–Kier alpha value is -2.28. The van der Waals surface area contributed by atoms with Gasteiger partial charge in [0.15, 0.2) is 0 Å². The lowest BCUT2D eigenvalue weighted by molar-refractivity contribution is -0.117. The monoisotopic (exact) mass is 286 g/mol. The van der Waals surface area contributed by atoms with Crippen LogP contribution < -0.4 is 10.1 Å². The Morgan fingerprint density at radius 3 is 2.76 bits per heavy atom. The predicted octanol–water partition coefficient (Wildman–Crippen LogP) is 3.15. The number of carbonyl (C=O) groups excluding carboxylic acids is 1. The van der Waals surface area contributed by atoms with Crippen LogP contribution in [0.5, 0.6) is 5.75 Å². The lowest BCUT2D eigenvalue weighted by Gasteiger charge is -2.09. The fraction of sp³-hybridized carbons (Fsp3) is 0.412. The van der Waals surface area contributed by atoms with Gasteiger partial charge in [0.05, 0.1) is 6.61 Å². The van der Waals surface area contributed by atoms with Gasteiger partial charge in [-0.1, -0.05) is 39.0 Å². The number of carbonyl (C=O) groups is 1. The third-order valence-corrected chi connectivity index (χ3v) is 2.72. The fourth-order valence-corrected chi connectivity index (χ4v) is 1.64. The van der Waals surface area contributed by atoms with Crippen LogP contribution in [0.25, 0.3) is 6.08 Å². The van der Waals surface area contributed by atoms with Gasteiger partial charge in [0.1, 0.15) is 17.4 Å². The van der Waals surface area contributed by atoms with Crippen molar-refractivity contribution in [3.63, 3.8) is 0 Å². The van der Waals surface area contributed by atoms with Crippen molar-refractivity contribution in [2.24, 2.45) is 5.92 Å². The highest BCUT2D eigenvalue weighted by Gasteiger charge is 2.10. The molecule has 0 heterocycles. The second kappa shape index (κ2) is 8.80. The third kappa shape index (κ3) is 5.70. The molecule has 1 amide bonds. The zero-order valence-electron chi connectivity index (χ0n) is 12.8. The van der Waals surface area contributed by atoms with Crippen molar-refractivity contribution in [3.05, 3.63) is 35.4 Å². The van der Waals surface area contributed by atoms with Gasteiger partial charge >= 0.3 is 0 Å². The summed E-state index contributed by atoms with van der Waals surface area (Å²) in [6, 6.07) is 9.34. The van der Waals surface area contributed by atoms with Crippen LogP contribution in [0.3, 0.4) is 0 Å². The Labute approximate surface area is 126 Å². The summed E-state index contributed by atoms with van der Waals surface area (Å²) in [6.45, 7) is 7.19. The minimum absolute atomic E-state index is 0.0863. The molecule has 1 rings (SSSR count). The minimum Gasteiger partial charge on any atom is -0.493 e. The quantitative estimate of drug-likeness (QED) is 0.618. The van der Waals surface area contributed by atoms with E-state index in [2.05, 4.69) is 5.32 Å². The summed E-state index contributed by atoms with van der Waals surface area (Å²) >= 11 is 0. The number of benzene rings is 1. The van der Waals surface area contributed by atoms with Crippen molar-refractivity contribution in [1.29, 1.82) is 5.26 Å². The van der Waals surface area contributed by atoms with E-state index >= 15 is 0 Å². The molecule has 112 valence electrons. The number of ether oxygens (including phenoxy) is 1. The average molecular weight is 286 g/mol. The van der Waals surface area contributed by atoms with Gasteiger partial charge in [0.2, 0.25) is 0 Å². The molecular weight excluding hydrogens is 264 g/mol. The first-order valence-corrected chi connectivity index (χ1v) is 7.20. The van der Waals surface area contributed by atoms with Crippen LogP contribution in [0, 0.1) is 17.2 Å². The molecule has 0 saturated heterocycles. The molecule has 0 aliphatic carbocycles. The van der Waals surface area contributed by atoms with Crippen molar-refractivity contribution < 1.29 is 9.53 Å². The number of hydrogen-bond acceptors (Lipinski definition) is 3. The van der Waals surface area contributed by atoms with Crippen LogP contribution in [0.1, 0.15) is 32.8 Å². The Bertz CT molecular complexity index is 542. The van der Waals surface area contributed by atoms with E-state index in [-0.39, 0.29) is 11.5 Å². The average Bonchev–Trinajstić information content (AvgIpc) is 2.49. The van der Waals surface area contributed by atoms with E-state index in [1.165, 1.54) is 0 Å². The molecule has 1 aromatic carbocycles. The molecule has 0 spiro atoms. The second-order valence-corrected chi connectivity index (χ2v) is 5.16. The van der Waals surface area contributed by atoms with E-state index in [1.54, 1.807) is 6.08 Å². The minimum atomic E-state index is -0.350. The Balaban J connectivity index is 2.92. The van der Waals surface area contributed by atoms with Crippen LogP contribution in [0.15, 0.2) is 29.8 Å². The smallest absolute Gasteiger partial charge is 0.261 e. The standard InChI is InChI=1S/C17H22N2O2/c1-4-9-21-16-8-6-5-7-14(16)10-15(11-18)17(20)19-12-13(2)3/h5-8,10,13H,4,9,12H2,1-3H3,(H,19,20)/b15-10+. The first-order chi connectivity index (χ1) is 10.1. The maximum Gasteiger partial charge on any atom is 0.261 e. The van der Waals surface area contributed by atoms with Gasteiger partial charge in [-0.2, -0.15) is 5.26 Å². The highest BCUT2D eigenvalue weighted by molar-refractivity contribution is 6.01. The molecule has 0 bridgehead atoms. The van der Waals surface area contributed by atoms with Crippen molar-refractivity contribution in [2.45, 2.75) is 27.2 Å². The second-order valence-electron chi connectivity index (χ2n) is 5.16. The number of para-hydroxylation sites is 1. The molecule has 4 nitrogen and oxygen atoms in total. The van der Waals surface area contributed by atoms with Crippen molar-refractivity contribution >= 4 is 12.0 Å². The van der Waals surface area contributed by atoms with E-state index in [1.807, 2.05) is 51.1 Å². The van der Waals surface area contributed by atoms with Gasteiger partial charge in [0.25, 0.3) is 5.91 Å². The van der Waals surface area contributed by atoms with E-state index < -0.39 is 0 Å². The molecule has 1 N–H and O–H groups in total. The lowest BCUT2D eigenvalue weighted by Crippen LogP contribution is -2.28. The maximum absolute atomic E-state index is 12.0. The first-order valence-electron chi connectivity index (χ1n) is 7.20. The molecule has 0 unspecified atom stereocenters. The van der Waals surface area contributed by atoms with Gasteiger partial charge < -0.3 is 10.1 Å². The predicted molar refractivity (Wildman–Crippen MR) is 83.7 cm³/mol. The van der Waals surface area contributed by atoms with E-state index in [0.29, 0.717) is 24.8 Å². The molecule has 21 heavy (non-hydrogen) atoms. The SMILES string of the molecule is CCCOc1ccccc1/C=C(\C#N)C(=O)NCC(C)C. The van der Waals surface area contributed by atoms with E-state index in [4.69, 9.17) is 4.74 Å². The van der Waals surface area contributed by atoms with Gasteiger partial charge in [-0.25, -0.2) is 0 Å². The van der Waals surface area contributed by atoms with E-state index in [0.717, 1.165) is 12.0 Å². The topological polar surface area (TPSA) is 62.1 Å². The van der Waals surface area contributed by atoms with Crippen LogP contribution in [0.4, 0.5) is 0 Å². The normalized spacial score (nSPS) is 11.1. The van der Waals surface area contributed by atoms with Crippen LogP contribution in [-0.4, -0.2) is 19.1 Å². The first kappa shape index (κ1) is 16.8. The Morgan fingerprint density at radius 2 is 2.14 bits per heavy atom. The third-order valence-electron chi connectivity index (χ3n) is 2.72. The zero-order chi connectivity index (χ0) is 15.7. The maximum atomic E-state index is 12.0. The largest absolute Gasteiger partial charge is 0.493 e. The van der Waals surface area contributed by atoms with Crippen LogP contribution in [-0.2, 0) is 4.79 Å². The molecular formula is C17H22N2O2. The number of nitrogens with one attached hydrogen (secondary N) is 1. The lowest BCUT2D eigenvalue weighted by atomic mass is 10.1. The summed E-state index contributed by atoms with van der Waals surface area (Å²) in [5, 5.41) is 11.9. The zero-order valence-corrected chi connectivity index (χ0v) is 12.8. The number of amides is 1. The van der Waals surface area contributed by atoms with Crippen LogP contribution in [0.2, 0.25) is 0 Å². The summed E-state index contributed by atoms with van der Waals surface area (Å²) in [5.74, 6) is 0.675. The molecule has 0 atom stereocenters. The Kier molecular flexibility index (Phi) is 7.03. The van der Waals surface area contributed by atoms with Crippen molar-refractivity contribution in [2.75, 3.05) is 13.2 Å². The molecule has 0 saturated carbocycles. The number of rotatable bonds is 7. The van der Waals surface area contributed by atoms with Gasteiger partial charge in [0, 0.05) is 12.1 Å². The highest BCUT2D eigenvalue weighted by Crippen LogP contribution is 2.21. The Morgan fingerprint density at radius 1 is 1.43 bits per heavy atom. The molecule has 0 fully saturated rings. The summed E-state index contributed by atoms with van der Waals surface area (Å²) in [5.41, 5.74) is 0.824. The van der Waals surface area contributed by atoms with Crippen molar-refractivity contribution in [1.82, 2.24) is 5.32 Å². The van der Waals surface area contributed by atoms with Gasteiger partial charge in [-0.15, -0.1) is 0 Å². The molecule has 0 radical (unpaired) electrons. The summed E-state index contributed by atoms with van der Waals surface area (Å²) < 4.78 is 5.62. The highest BCUT2D eigenvalue weighted by atomic mass is 16.5. The molecule has 0 aliphatic rings.